The third kappa shape index (κ3) is 4.79. The second-order valence-electron chi connectivity index (χ2n) is 8.07. The van der Waals surface area contributed by atoms with Crippen molar-refractivity contribution in [2.45, 2.75) is 50.5 Å². The van der Waals surface area contributed by atoms with Crippen LogP contribution in [-0.4, -0.2) is 37.8 Å². The normalized spacial score (nSPS) is 11.5. The number of aromatic carboxylic acids is 1. The standard InChI is InChI=1S/C25H28ClNO6S/c1-15-13-19(14-16(2)22(15)26)33-12-8-11-27-18(4)24(17(3)23(27)25(28)29)34(30,31)21-10-7-6-9-20(21)32-5/h6-7,9-10,13-14H,8,11-12H2,1-5H3,(H,28,29). The summed E-state index contributed by atoms with van der Waals surface area (Å²) in [6.07, 6.45) is 0.476. The lowest BCUT2D eigenvalue weighted by Gasteiger charge is -2.13. The van der Waals surface area contributed by atoms with E-state index in [2.05, 4.69) is 0 Å². The van der Waals surface area contributed by atoms with Crippen molar-refractivity contribution in [3.63, 3.8) is 0 Å². The van der Waals surface area contributed by atoms with Gasteiger partial charge in [-0.1, -0.05) is 23.7 Å². The highest BCUT2D eigenvalue weighted by Gasteiger charge is 2.32. The van der Waals surface area contributed by atoms with E-state index in [0.717, 1.165) is 11.1 Å². The van der Waals surface area contributed by atoms with Gasteiger partial charge in [0.25, 0.3) is 0 Å². The van der Waals surface area contributed by atoms with Gasteiger partial charge in [-0.25, -0.2) is 13.2 Å². The Kier molecular flexibility index (Phi) is 7.63. The van der Waals surface area contributed by atoms with Gasteiger partial charge >= 0.3 is 5.97 Å². The Labute approximate surface area is 204 Å². The van der Waals surface area contributed by atoms with E-state index in [1.54, 1.807) is 25.1 Å². The molecule has 3 aromatic rings. The van der Waals surface area contributed by atoms with Gasteiger partial charge in [-0.3, -0.25) is 0 Å². The van der Waals surface area contributed by atoms with Crippen LogP contribution in [0.1, 0.15) is 39.3 Å². The van der Waals surface area contributed by atoms with Gasteiger partial charge in [-0.2, -0.15) is 0 Å². The van der Waals surface area contributed by atoms with Crippen molar-refractivity contribution in [3.8, 4) is 11.5 Å². The van der Waals surface area contributed by atoms with E-state index in [1.165, 1.54) is 24.7 Å². The van der Waals surface area contributed by atoms with E-state index in [9.17, 15) is 18.3 Å². The van der Waals surface area contributed by atoms with Crippen molar-refractivity contribution in [1.29, 1.82) is 0 Å². The smallest absolute Gasteiger partial charge is 0.352 e. The molecule has 0 amide bonds. The molecule has 9 heteroatoms. The molecule has 182 valence electrons. The van der Waals surface area contributed by atoms with E-state index in [-0.39, 0.29) is 33.3 Å². The first-order chi connectivity index (χ1) is 16.0. The van der Waals surface area contributed by atoms with E-state index in [4.69, 9.17) is 21.1 Å². The molecule has 0 bridgehead atoms. The molecule has 1 heterocycles. The number of aryl methyl sites for hydroxylation is 2. The van der Waals surface area contributed by atoms with Crippen molar-refractivity contribution in [2.75, 3.05) is 13.7 Å². The maximum atomic E-state index is 13.5. The zero-order valence-corrected chi connectivity index (χ0v) is 21.4. The summed E-state index contributed by atoms with van der Waals surface area (Å²) in [5.74, 6) is -0.308. The lowest BCUT2D eigenvalue weighted by molar-refractivity contribution is 0.0683. The highest BCUT2D eigenvalue weighted by atomic mass is 35.5. The molecule has 0 atom stereocenters. The molecule has 0 aliphatic rings. The average molecular weight is 506 g/mol. The van der Waals surface area contributed by atoms with Crippen LogP contribution in [0.5, 0.6) is 11.5 Å². The quantitative estimate of drug-likeness (QED) is 0.392. The molecule has 0 fully saturated rings. The van der Waals surface area contributed by atoms with Crippen molar-refractivity contribution in [2.24, 2.45) is 0 Å². The Morgan fingerprint density at radius 2 is 1.71 bits per heavy atom. The summed E-state index contributed by atoms with van der Waals surface area (Å²) in [6, 6.07) is 9.99. The molecular formula is C25H28ClNO6S. The fourth-order valence-corrected chi connectivity index (χ4v) is 6.18. The molecule has 0 spiro atoms. The number of para-hydroxylation sites is 1. The summed E-state index contributed by atoms with van der Waals surface area (Å²) < 4.78 is 39.7. The van der Waals surface area contributed by atoms with Gasteiger partial charge in [0.2, 0.25) is 9.84 Å². The van der Waals surface area contributed by atoms with Gasteiger partial charge in [-0.15, -0.1) is 0 Å². The number of methoxy groups -OCH3 is 1. The molecule has 2 aromatic carbocycles. The highest BCUT2D eigenvalue weighted by molar-refractivity contribution is 7.91. The minimum atomic E-state index is -4.02. The zero-order chi connectivity index (χ0) is 25.2. The number of aromatic nitrogens is 1. The van der Waals surface area contributed by atoms with Crippen LogP contribution >= 0.6 is 11.6 Å². The number of rotatable bonds is 9. The predicted molar refractivity (Wildman–Crippen MR) is 130 cm³/mol. The zero-order valence-electron chi connectivity index (χ0n) is 19.8. The molecule has 1 aromatic heterocycles. The number of carbonyl (C=O) groups is 1. The van der Waals surface area contributed by atoms with Crippen LogP contribution in [0.4, 0.5) is 0 Å². The molecule has 3 rings (SSSR count). The van der Waals surface area contributed by atoms with E-state index in [0.29, 0.717) is 29.5 Å². The first kappa shape index (κ1) is 25.6. The fourth-order valence-electron chi connectivity index (χ4n) is 4.18. The van der Waals surface area contributed by atoms with Crippen LogP contribution in [0, 0.1) is 27.7 Å². The Balaban J connectivity index is 1.91. The van der Waals surface area contributed by atoms with Crippen LogP contribution in [-0.2, 0) is 16.4 Å². The van der Waals surface area contributed by atoms with Gasteiger partial charge in [0.1, 0.15) is 22.1 Å². The molecule has 34 heavy (non-hydrogen) atoms. The van der Waals surface area contributed by atoms with Crippen LogP contribution in [0.15, 0.2) is 46.2 Å². The predicted octanol–water partition coefficient (Wildman–Crippen LogP) is 5.38. The number of nitrogens with zero attached hydrogens (tertiary/aromatic N) is 1. The molecule has 0 radical (unpaired) electrons. The van der Waals surface area contributed by atoms with Gasteiger partial charge in [0.15, 0.2) is 0 Å². The number of halogens is 1. The summed E-state index contributed by atoms with van der Waals surface area (Å²) in [7, 11) is -2.62. The molecule has 1 N–H and O–H groups in total. The molecule has 0 unspecified atom stereocenters. The third-order valence-corrected chi connectivity index (χ3v) is 8.39. The van der Waals surface area contributed by atoms with Crippen LogP contribution in [0.25, 0.3) is 0 Å². The van der Waals surface area contributed by atoms with E-state index in [1.807, 2.05) is 26.0 Å². The van der Waals surface area contributed by atoms with Gasteiger partial charge in [0, 0.05) is 22.8 Å². The molecular weight excluding hydrogens is 478 g/mol. The Bertz CT molecular complexity index is 1320. The fraction of sp³-hybridized carbons (Fsp3) is 0.320. The number of benzene rings is 2. The minimum Gasteiger partial charge on any atom is -0.495 e. The highest BCUT2D eigenvalue weighted by Crippen LogP contribution is 2.35. The largest absolute Gasteiger partial charge is 0.495 e. The van der Waals surface area contributed by atoms with Crippen molar-refractivity contribution in [1.82, 2.24) is 4.57 Å². The monoisotopic (exact) mass is 505 g/mol. The lowest BCUT2D eigenvalue weighted by atomic mass is 10.1. The summed E-state index contributed by atoms with van der Waals surface area (Å²) in [5, 5.41) is 10.6. The number of carboxylic acid groups (broad SMARTS) is 1. The molecule has 7 nitrogen and oxygen atoms in total. The number of sulfone groups is 1. The molecule has 0 saturated carbocycles. The number of hydrogen-bond donors (Lipinski definition) is 1. The van der Waals surface area contributed by atoms with Crippen molar-refractivity contribution < 1.29 is 27.8 Å². The first-order valence-electron chi connectivity index (χ1n) is 10.7. The average Bonchev–Trinajstić information content (AvgIpc) is 3.04. The van der Waals surface area contributed by atoms with Crippen LogP contribution in [0.3, 0.4) is 0 Å². The molecule has 0 aliphatic heterocycles. The summed E-state index contributed by atoms with van der Waals surface area (Å²) >= 11 is 6.20. The number of carboxylic acids is 1. The summed E-state index contributed by atoms with van der Waals surface area (Å²) in [5.41, 5.74) is 2.32. The number of hydrogen-bond acceptors (Lipinski definition) is 5. The van der Waals surface area contributed by atoms with Gasteiger partial charge < -0.3 is 19.1 Å². The van der Waals surface area contributed by atoms with E-state index < -0.39 is 15.8 Å². The maximum absolute atomic E-state index is 13.5. The number of ether oxygens (including phenoxy) is 2. The maximum Gasteiger partial charge on any atom is 0.352 e. The van der Waals surface area contributed by atoms with Gasteiger partial charge in [-0.05, 0) is 69.5 Å². The summed E-state index contributed by atoms with van der Waals surface area (Å²) in [4.78, 5) is 12.1. The van der Waals surface area contributed by atoms with Crippen molar-refractivity contribution in [3.05, 3.63) is 69.5 Å². The third-order valence-electron chi connectivity index (χ3n) is 5.73. The second-order valence-corrected chi connectivity index (χ2v) is 10.3. The topological polar surface area (TPSA) is 94.8 Å². The molecule has 0 saturated heterocycles. The Hall–Kier alpha value is -2.97. The van der Waals surface area contributed by atoms with Crippen LogP contribution < -0.4 is 9.47 Å². The Morgan fingerprint density at radius 3 is 2.29 bits per heavy atom. The van der Waals surface area contributed by atoms with Gasteiger partial charge in [0.05, 0.1) is 18.6 Å². The van der Waals surface area contributed by atoms with E-state index >= 15 is 0 Å². The first-order valence-corrected chi connectivity index (χ1v) is 12.6. The Morgan fingerprint density at radius 1 is 1.09 bits per heavy atom. The van der Waals surface area contributed by atoms with Crippen molar-refractivity contribution >= 4 is 27.4 Å². The second kappa shape index (κ2) is 10.1. The SMILES string of the molecule is COc1ccccc1S(=O)(=O)c1c(C)c(C(=O)O)n(CCCOc2cc(C)c(Cl)c(C)c2)c1C. The minimum absolute atomic E-state index is 0.00500. The summed E-state index contributed by atoms with van der Waals surface area (Å²) in [6.45, 7) is 7.54. The molecule has 0 aliphatic carbocycles. The van der Waals surface area contributed by atoms with Crippen LogP contribution in [0.2, 0.25) is 5.02 Å². The lowest BCUT2D eigenvalue weighted by Crippen LogP contribution is -2.13.